The Balaban J connectivity index is 1.59. The van der Waals surface area contributed by atoms with Crippen molar-refractivity contribution in [2.24, 2.45) is 0 Å². The zero-order valence-electron chi connectivity index (χ0n) is 15.6. The first-order chi connectivity index (χ1) is 13.9. The lowest BCUT2D eigenvalue weighted by Crippen LogP contribution is -2.42. The lowest BCUT2D eigenvalue weighted by atomic mass is 10.2. The predicted octanol–water partition coefficient (Wildman–Crippen LogP) is 1.95. The number of esters is 1. The Morgan fingerprint density at radius 1 is 0.966 bits per heavy atom. The number of ether oxygens (including phenoxy) is 2. The Kier molecular flexibility index (Phi) is 6.66. The first-order valence-electron chi connectivity index (χ1n) is 9.01. The van der Waals surface area contributed by atoms with Crippen molar-refractivity contribution >= 4 is 21.7 Å². The Morgan fingerprint density at radius 2 is 1.62 bits per heavy atom. The Bertz CT molecular complexity index is 973. The van der Waals surface area contributed by atoms with Crippen LogP contribution in [0.3, 0.4) is 0 Å². The first-order valence-corrected chi connectivity index (χ1v) is 10.7. The monoisotopic (exact) mass is 415 g/mol. The molecule has 0 fully saturated rings. The fourth-order valence-corrected chi connectivity index (χ4v) is 4.15. The molecular weight excluding hydrogens is 394 g/mol. The van der Waals surface area contributed by atoms with Gasteiger partial charge in [0, 0.05) is 12.0 Å². The molecule has 0 saturated carbocycles. The fourth-order valence-electron chi connectivity index (χ4n) is 2.85. The van der Waals surface area contributed by atoms with Crippen molar-refractivity contribution in [1.82, 2.24) is 4.90 Å². The summed E-state index contributed by atoms with van der Waals surface area (Å²) >= 11 is 0. The molecule has 0 spiro atoms. The SMILES string of the molecule is O=C(COc1ccccc1)OCC(=O)N(Cc1ccccc1)[C@H]1C=CS(=O)(=O)C1. The van der Waals surface area contributed by atoms with Crippen LogP contribution in [0, 0.1) is 0 Å². The van der Waals surface area contributed by atoms with Gasteiger partial charge in [0.1, 0.15) is 5.75 Å². The number of rotatable bonds is 8. The van der Waals surface area contributed by atoms with Gasteiger partial charge in [-0.3, -0.25) is 4.79 Å². The molecule has 29 heavy (non-hydrogen) atoms. The Hall–Kier alpha value is -3.13. The largest absolute Gasteiger partial charge is 0.482 e. The summed E-state index contributed by atoms with van der Waals surface area (Å²) in [5.74, 6) is -0.829. The molecule has 0 aliphatic carbocycles. The van der Waals surface area contributed by atoms with Gasteiger partial charge in [0.05, 0.1) is 11.8 Å². The molecule has 0 radical (unpaired) electrons. The van der Waals surface area contributed by atoms with Gasteiger partial charge in [-0.05, 0) is 23.8 Å². The second-order valence-corrected chi connectivity index (χ2v) is 8.43. The van der Waals surface area contributed by atoms with Crippen LogP contribution in [0.1, 0.15) is 5.56 Å². The van der Waals surface area contributed by atoms with E-state index in [-0.39, 0.29) is 18.9 Å². The summed E-state index contributed by atoms with van der Waals surface area (Å²) in [6, 6.07) is 17.4. The summed E-state index contributed by atoms with van der Waals surface area (Å²) in [5, 5.41) is 1.11. The lowest BCUT2D eigenvalue weighted by Gasteiger charge is -2.27. The predicted molar refractivity (Wildman–Crippen MR) is 107 cm³/mol. The van der Waals surface area contributed by atoms with Gasteiger partial charge in [-0.25, -0.2) is 13.2 Å². The smallest absolute Gasteiger partial charge is 0.344 e. The van der Waals surface area contributed by atoms with Crippen LogP contribution in [-0.4, -0.2) is 50.2 Å². The molecule has 152 valence electrons. The quantitative estimate of drug-likeness (QED) is 0.612. The molecule has 0 N–H and O–H groups in total. The first kappa shape index (κ1) is 20.6. The van der Waals surface area contributed by atoms with Crippen molar-refractivity contribution in [3.8, 4) is 5.75 Å². The zero-order valence-corrected chi connectivity index (χ0v) is 16.5. The average molecular weight is 415 g/mol. The molecule has 7 nitrogen and oxygen atoms in total. The number of hydrogen-bond donors (Lipinski definition) is 0. The van der Waals surface area contributed by atoms with Crippen molar-refractivity contribution in [3.63, 3.8) is 0 Å². The summed E-state index contributed by atoms with van der Waals surface area (Å²) in [5.41, 5.74) is 0.845. The van der Waals surface area contributed by atoms with Crippen LogP contribution in [0.25, 0.3) is 0 Å². The third kappa shape index (κ3) is 6.18. The van der Waals surface area contributed by atoms with Gasteiger partial charge >= 0.3 is 5.97 Å². The number of amides is 1. The Morgan fingerprint density at radius 3 is 2.24 bits per heavy atom. The van der Waals surface area contributed by atoms with E-state index in [1.54, 1.807) is 24.3 Å². The summed E-state index contributed by atoms with van der Waals surface area (Å²) in [7, 11) is -3.34. The lowest BCUT2D eigenvalue weighted by molar-refractivity contribution is -0.154. The number of benzene rings is 2. The van der Waals surface area contributed by atoms with E-state index in [0.29, 0.717) is 5.75 Å². The van der Waals surface area contributed by atoms with E-state index in [1.165, 1.54) is 11.0 Å². The molecule has 0 aromatic heterocycles. The van der Waals surface area contributed by atoms with E-state index in [4.69, 9.17) is 9.47 Å². The molecule has 3 rings (SSSR count). The summed E-state index contributed by atoms with van der Waals surface area (Å²) < 4.78 is 33.9. The van der Waals surface area contributed by atoms with Crippen LogP contribution in [0.5, 0.6) is 5.75 Å². The van der Waals surface area contributed by atoms with Gasteiger partial charge in [-0.1, -0.05) is 48.5 Å². The van der Waals surface area contributed by atoms with E-state index >= 15 is 0 Å². The topological polar surface area (TPSA) is 90.0 Å². The number of sulfone groups is 1. The normalized spacial score (nSPS) is 16.9. The highest BCUT2D eigenvalue weighted by molar-refractivity contribution is 7.94. The van der Waals surface area contributed by atoms with Gasteiger partial charge in [-0.2, -0.15) is 0 Å². The summed E-state index contributed by atoms with van der Waals surface area (Å²) in [6.07, 6.45) is 1.48. The highest BCUT2D eigenvalue weighted by Crippen LogP contribution is 2.18. The molecule has 0 saturated heterocycles. The molecule has 1 atom stereocenters. The van der Waals surface area contributed by atoms with Crippen molar-refractivity contribution in [3.05, 3.63) is 77.7 Å². The molecule has 2 aromatic carbocycles. The van der Waals surface area contributed by atoms with Crippen LogP contribution >= 0.6 is 0 Å². The zero-order chi connectivity index (χ0) is 20.7. The summed E-state index contributed by atoms with van der Waals surface area (Å²) in [6.45, 7) is -0.607. The van der Waals surface area contributed by atoms with Crippen LogP contribution in [-0.2, 0) is 30.7 Å². The summed E-state index contributed by atoms with van der Waals surface area (Å²) in [4.78, 5) is 26.0. The van der Waals surface area contributed by atoms with E-state index in [2.05, 4.69) is 0 Å². The van der Waals surface area contributed by atoms with E-state index < -0.39 is 34.4 Å². The average Bonchev–Trinajstić information content (AvgIpc) is 3.09. The highest BCUT2D eigenvalue weighted by Gasteiger charge is 2.30. The molecular formula is C21H21NO6S. The number of carbonyl (C=O) groups is 2. The van der Waals surface area contributed by atoms with Crippen LogP contribution < -0.4 is 4.74 Å². The van der Waals surface area contributed by atoms with Crippen molar-refractivity contribution in [1.29, 1.82) is 0 Å². The molecule has 8 heteroatoms. The molecule has 1 aliphatic heterocycles. The van der Waals surface area contributed by atoms with Crippen molar-refractivity contribution < 1.29 is 27.5 Å². The number of para-hydroxylation sites is 1. The molecule has 1 heterocycles. The van der Waals surface area contributed by atoms with Gasteiger partial charge in [0.15, 0.2) is 23.1 Å². The number of carbonyl (C=O) groups excluding carboxylic acids is 2. The second-order valence-electron chi connectivity index (χ2n) is 6.50. The van der Waals surface area contributed by atoms with Crippen LogP contribution in [0.15, 0.2) is 72.1 Å². The van der Waals surface area contributed by atoms with Gasteiger partial charge in [0.2, 0.25) is 0 Å². The maximum absolute atomic E-state index is 12.7. The van der Waals surface area contributed by atoms with E-state index in [1.807, 2.05) is 36.4 Å². The third-order valence-corrected chi connectivity index (χ3v) is 5.66. The van der Waals surface area contributed by atoms with Crippen molar-refractivity contribution in [2.75, 3.05) is 19.0 Å². The van der Waals surface area contributed by atoms with E-state index in [0.717, 1.165) is 11.0 Å². The van der Waals surface area contributed by atoms with Crippen LogP contribution in [0.4, 0.5) is 0 Å². The Labute approximate surface area is 169 Å². The minimum absolute atomic E-state index is 0.184. The van der Waals surface area contributed by atoms with Gasteiger partial charge < -0.3 is 14.4 Å². The molecule has 0 unspecified atom stereocenters. The molecule has 1 aliphatic rings. The van der Waals surface area contributed by atoms with Crippen molar-refractivity contribution in [2.45, 2.75) is 12.6 Å². The standard InChI is InChI=1S/C21H21NO6S/c23-20(14-28-21(24)15-27-19-9-5-2-6-10-19)22(13-17-7-3-1-4-8-17)18-11-12-29(25,26)16-18/h1-12,18H,13-16H2/t18-/m0/s1. The number of hydrogen-bond acceptors (Lipinski definition) is 6. The fraction of sp³-hybridized carbons (Fsp3) is 0.238. The molecule has 2 aromatic rings. The minimum Gasteiger partial charge on any atom is -0.482 e. The second kappa shape index (κ2) is 9.38. The minimum atomic E-state index is -3.34. The van der Waals surface area contributed by atoms with Gasteiger partial charge in [-0.15, -0.1) is 0 Å². The highest BCUT2D eigenvalue weighted by atomic mass is 32.2. The molecule has 0 bridgehead atoms. The third-order valence-electron chi connectivity index (χ3n) is 4.28. The maximum atomic E-state index is 12.7. The molecule has 1 amide bonds. The van der Waals surface area contributed by atoms with Crippen LogP contribution in [0.2, 0.25) is 0 Å². The van der Waals surface area contributed by atoms with Gasteiger partial charge in [0.25, 0.3) is 5.91 Å². The maximum Gasteiger partial charge on any atom is 0.344 e. The number of nitrogens with zero attached hydrogens (tertiary/aromatic N) is 1. The van der Waals surface area contributed by atoms with E-state index in [9.17, 15) is 18.0 Å².